The molecule has 4 rings (SSSR count). The number of ketones is 1. The van der Waals surface area contributed by atoms with Gasteiger partial charge in [0.1, 0.15) is 0 Å². The quantitative estimate of drug-likeness (QED) is 0.756. The van der Waals surface area contributed by atoms with Gasteiger partial charge in [-0.1, -0.05) is 48.0 Å². The van der Waals surface area contributed by atoms with Crippen molar-refractivity contribution < 1.29 is 4.79 Å². The Bertz CT molecular complexity index is 674. The number of benzene rings is 2. The van der Waals surface area contributed by atoms with Crippen LogP contribution in [0, 0.1) is 5.41 Å². The van der Waals surface area contributed by atoms with Gasteiger partial charge in [0.15, 0.2) is 5.78 Å². The lowest BCUT2D eigenvalue weighted by molar-refractivity contribution is 0.0914. The third kappa shape index (κ3) is 1.51. The van der Waals surface area contributed by atoms with Crippen LogP contribution in [0.5, 0.6) is 0 Å². The highest BCUT2D eigenvalue weighted by molar-refractivity contribution is 6.30. The smallest absolute Gasteiger partial charge is 0.170 e. The van der Waals surface area contributed by atoms with E-state index in [1.54, 1.807) is 0 Å². The van der Waals surface area contributed by atoms with Crippen LogP contribution < -0.4 is 0 Å². The minimum atomic E-state index is -0.155. The van der Waals surface area contributed by atoms with E-state index in [0.717, 1.165) is 23.4 Å². The fourth-order valence-electron chi connectivity index (χ4n) is 3.47. The first-order valence-corrected chi connectivity index (χ1v) is 6.97. The third-order valence-electron chi connectivity index (χ3n) is 4.57. The van der Waals surface area contributed by atoms with Crippen molar-refractivity contribution in [3.8, 4) is 0 Å². The Kier molecular flexibility index (Phi) is 2.19. The molecule has 2 aliphatic carbocycles. The molecule has 94 valence electrons. The molecule has 2 heteroatoms. The molecule has 19 heavy (non-hydrogen) atoms. The summed E-state index contributed by atoms with van der Waals surface area (Å²) in [6.45, 7) is 0. The zero-order chi connectivity index (χ0) is 13.0. The second-order valence-corrected chi connectivity index (χ2v) is 6.06. The van der Waals surface area contributed by atoms with Crippen molar-refractivity contribution >= 4 is 17.4 Å². The minimum Gasteiger partial charge on any atom is -0.294 e. The normalized spacial score (nSPS) is 27.6. The van der Waals surface area contributed by atoms with Crippen molar-refractivity contribution in [3.63, 3.8) is 0 Å². The Morgan fingerprint density at radius 1 is 1.05 bits per heavy atom. The molecule has 1 fully saturated rings. The van der Waals surface area contributed by atoms with E-state index >= 15 is 0 Å². The maximum Gasteiger partial charge on any atom is 0.170 e. The van der Waals surface area contributed by atoms with Crippen molar-refractivity contribution in [2.75, 3.05) is 0 Å². The fourth-order valence-corrected chi connectivity index (χ4v) is 3.59. The van der Waals surface area contributed by atoms with Crippen molar-refractivity contribution in [1.82, 2.24) is 0 Å². The van der Waals surface area contributed by atoms with Gasteiger partial charge in [-0.15, -0.1) is 0 Å². The molecule has 1 nitrogen and oxygen atoms in total. The number of halogens is 1. The molecule has 0 aliphatic heterocycles. The van der Waals surface area contributed by atoms with E-state index in [1.165, 1.54) is 11.1 Å². The predicted octanol–water partition coefficient (Wildman–Crippen LogP) is 4.25. The number of carbonyl (C=O) groups excluding carboxylic acids is 1. The number of hydrogen-bond donors (Lipinski definition) is 0. The van der Waals surface area contributed by atoms with Gasteiger partial charge in [-0.25, -0.2) is 0 Å². The van der Waals surface area contributed by atoms with Crippen LogP contribution in [0.3, 0.4) is 0 Å². The average molecular weight is 269 g/mol. The van der Waals surface area contributed by atoms with Crippen LogP contribution in [0.1, 0.15) is 33.8 Å². The van der Waals surface area contributed by atoms with E-state index in [0.29, 0.717) is 11.7 Å². The lowest BCUT2D eigenvalue weighted by atomic mass is 9.95. The molecule has 2 aliphatic rings. The molecule has 0 radical (unpaired) electrons. The minimum absolute atomic E-state index is 0.155. The van der Waals surface area contributed by atoms with Crippen molar-refractivity contribution in [2.24, 2.45) is 5.41 Å². The highest BCUT2D eigenvalue weighted by Gasteiger charge is 2.63. The first-order valence-electron chi connectivity index (χ1n) is 6.59. The summed E-state index contributed by atoms with van der Waals surface area (Å²) in [7, 11) is 0. The Hall–Kier alpha value is -1.60. The fraction of sp³-hybridized carbons (Fsp3) is 0.235. The predicted molar refractivity (Wildman–Crippen MR) is 75.7 cm³/mol. The van der Waals surface area contributed by atoms with Gasteiger partial charge < -0.3 is 0 Å². The molecule has 0 amide bonds. The summed E-state index contributed by atoms with van der Waals surface area (Å²) >= 11 is 5.92. The summed E-state index contributed by atoms with van der Waals surface area (Å²) in [6.07, 6.45) is 1.87. The molecule has 0 N–H and O–H groups in total. The SMILES string of the molecule is O=C1c2ccccc2C[C@]12C[C@H]2c1ccc(Cl)cc1. The molecular weight excluding hydrogens is 256 g/mol. The Morgan fingerprint density at radius 2 is 1.79 bits per heavy atom. The van der Waals surface area contributed by atoms with Gasteiger partial charge in [-0.05, 0) is 42.0 Å². The van der Waals surface area contributed by atoms with Crippen molar-refractivity contribution in [3.05, 3.63) is 70.2 Å². The summed E-state index contributed by atoms with van der Waals surface area (Å²) in [4.78, 5) is 12.6. The van der Waals surface area contributed by atoms with Gasteiger partial charge in [0.25, 0.3) is 0 Å². The summed E-state index contributed by atoms with van der Waals surface area (Å²) in [5, 5.41) is 0.750. The molecule has 0 bridgehead atoms. The highest BCUT2D eigenvalue weighted by Crippen LogP contribution is 2.65. The molecular formula is C17H13ClO. The van der Waals surface area contributed by atoms with Gasteiger partial charge in [0.05, 0.1) is 0 Å². The van der Waals surface area contributed by atoms with Crippen molar-refractivity contribution in [1.29, 1.82) is 0 Å². The van der Waals surface area contributed by atoms with Gasteiger partial charge in [0.2, 0.25) is 0 Å². The molecule has 1 saturated carbocycles. The van der Waals surface area contributed by atoms with E-state index < -0.39 is 0 Å². The van der Waals surface area contributed by atoms with E-state index in [2.05, 4.69) is 18.2 Å². The largest absolute Gasteiger partial charge is 0.294 e. The monoisotopic (exact) mass is 268 g/mol. The molecule has 0 heterocycles. The van der Waals surface area contributed by atoms with E-state index in [-0.39, 0.29) is 5.41 Å². The average Bonchev–Trinajstić information content (AvgIpc) is 3.07. The van der Waals surface area contributed by atoms with Crippen LogP contribution >= 0.6 is 11.6 Å². The summed E-state index contributed by atoms with van der Waals surface area (Å²) in [5.41, 5.74) is 3.23. The van der Waals surface area contributed by atoms with Crippen LogP contribution in [-0.4, -0.2) is 5.78 Å². The lowest BCUT2D eigenvalue weighted by Gasteiger charge is -2.07. The van der Waals surface area contributed by atoms with Crippen LogP contribution in [0.4, 0.5) is 0 Å². The number of carbonyl (C=O) groups is 1. The van der Waals surface area contributed by atoms with E-state index in [4.69, 9.17) is 11.6 Å². The van der Waals surface area contributed by atoms with Gasteiger partial charge in [-0.2, -0.15) is 0 Å². The maximum atomic E-state index is 12.6. The number of fused-ring (bicyclic) bond motifs is 1. The molecule has 2 aromatic carbocycles. The summed E-state index contributed by atoms with van der Waals surface area (Å²) < 4.78 is 0. The molecule has 0 aromatic heterocycles. The summed E-state index contributed by atoms with van der Waals surface area (Å²) in [6, 6.07) is 15.9. The summed E-state index contributed by atoms with van der Waals surface area (Å²) in [5.74, 6) is 0.702. The first-order chi connectivity index (χ1) is 9.21. The second-order valence-electron chi connectivity index (χ2n) is 5.63. The maximum absolute atomic E-state index is 12.6. The highest BCUT2D eigenvalue weighted by atomic mass is 35.5. The number of hydrogen-bond acceptors (Lipinski definition) is 1. The van der Waals surface area contributed by atoms with E-state index in [1.807, 2.05) is 30.3 Å². The second kappa shape index (κ2) is 3.71. The topological polar surface area (TPSA) is 17.1 Å². The molecule has 0 unspecified atom stereocenters. The molecule has 2 aromatic rings. The molecule has 0 saturated heterocycles. The first kappa shape index (κ1) is 11.2. The number of Topliss-reactive ketones (excluding diaryl/α,β-unsaturated/α-hetero) is 1. The van der Waals surface area contributed by atoms with Gasteiger partial charge >= 0.3 is 0 Å². The zero-order valence-corrected chi connectivity index (χ0v) is 11.2. The molecule has 2 atom stereocenters. The van der Waals surface area contributed by atoms with Crippen LogP contribution in [0.2, 0.25) is 5.02 Å². The third-order valence-corrected chi connectivity index (χ3v) is 4.82. The number of rotatable bonds is 1. The Balaban J connectivity index is 1.70. The van der Waals surface area contributed by atoms with Gasteiger partial charge in [0, 0.05) is 16.0 Å². The van der Waals surface area contributed by atoms with E-state index in [9.17, 15) is 4.79 Å². The van der Waals surface area contributed by atoms with Crippen LogP contribution in [-0.2, 0) is 6.42 Å². The zero-order valence-electron chi connectivity index (χ0n) is 10.4. The molecule has 1 spiro atoms. The standard InChI is InChI=1S/C17H13ClO/c18-13-7-5-11(6-8-13)15-10-17(15)9-12-3-1-2-4-14(12)16(17)19/h1-8,15H,9-10H2/t15-,17+/m0/s1. The van der Waals surface area contributed by atoms with Crippen molar-refractivity contribution in [2.45, 2.75) is 18.8 Å². The Morgan fingerprint density at radius 3 is 2.53 bits per heavy atom. The lowest BCUT2D eigenvalue weighted by Crippen LogP contribution is -2.12. The Labute approximate surface area is 117 Å². The van der Waals surface area contributed by atoms with Crippen LogP contribution in [0.15, 0.2) is 48.5 Å². The van der Waals surface area contributed by atoms with Crippen LogP contribution in [0.25, 0.3) is 0 Å². The van der Waals surface area contributed by atoms with Gasteiger partial charge in [-0.3, -0.25) is 4.79 Å².